The third-order valence-corrected chi connectivity index (χ3v) is 3.66. The molecule has 0 aliphatic carbocycles. The molecule has 0 aliphatic rings. The van der Waals surface area contributed by atoms with Gasteiger partial charge in [0.25, 0.3) is 0 Å². The first kappa shape index (κ1) is 12.9. The summed E-state index contributed by atoms with van der Waals surface area (Å²) in [5.41, 5.74) is 11.1. The second-order valence-electron chi connectivity index (χ2n) is 5.11. The zero-order chi connectivity index (χ0) is 14.3. The van der Waals surface area contributed by atoms with E-state index in [1.165, 1.54) is 5.56 Å². The number of hydrogen-bond donors (Lipinski definition) is 1. The number of rotatable bonds is 3. The summed E-state index contributed by atoms with van der Waals surface area (Å²) in [6.45, 7) is 7.05. The van der Waals surface area contributed by atoms with Gasteiger partial charge in [0.05, 0.1) is 29.8 Å². The van der Waals surface area contributed by atoms with Crippen molar-refractivity contribution in [3.05, 3.63) is 46.6 Å². The van der Waals surface area contributed by atoms with E-state index in [-0.39, 0.29) is 0 Å². The van der Waals surface area contributed by atoms with Gasteiger partial charge in [-0.1, -0.05) is 11.2 Å². The minimum absolute atomic E-state index is 0.414. The van der Waals surface area contributed by atoms with Crippen LogP contribution in [0.3, 0.4) is 0 Å². The molecule has 1 aromatic carbocycles. The molecule has 0 radical (unpaired) electrons. The van der Waals surface area contributed by atoms with Gasteiger partial charge in [-0.25, -0.2) is 4.98 Å². The molecule has 0 spiro atoms. The molecule has 0 saturated heterocycles. The zero-order valence-corrected chi connectivity index (χ0v) is 12.0. The summed E-state index contributed by atoms with van der Waals surface area (Å²) in [4.78, 5) is 4.62. The van der Waals surface area contributed by atoms with Crippen LogP contribution >= 0.6 is 0 Å². The number of benzene rings is 1. The maximum atomic E-state index is 5.84. The SMILES string of the molecule is Cc1ccc2c(c1)nc(CN)n2Cc1c(C)noc1C. The van der Waals surface area contributed by atoms with E-state index >= 15 is 0 Å². The van der Waals surface area contributed by atoms with Gasteiger partial charge in [-0.2, -0.15) is 0 Å². The summed E-state index contributed by atoms with van der Waals surface area (Å²) in [5.74, 6) is 1.73. The molecule has 0 unspecified atom stereocenters. The van der Waals surface area contributed by atoms with Crippen LogP contribution in [0, 0.1) is 20.8 Å². The van der Waals surface area contributed by atoms with Crippen molar-refractivity contribution in [1.29, 1.82) is 0 Å². The lowest BCUT2D eigenvalue weighted by Crippen LogP contribution is -2.10. The monoisotopic (exact) mass is 270 g/mol. The summed E-state index contributed by atoms with van der Waals surface area (Å²) in [6, 6.07) is 6.27. The van der Waals surface area contributed by atoms with E-state index in [9.17, 15) is 0 Å². The number of nitrogens with two attached hydrogens (primary N) is 1. The third-order valence-electron chi connectivity index (χ3n) is 3.66. The Kier molecular flexibility index (Phi) is 3.06. The first-order chi connectivity index (χ1) is 9.60. The molecule has 0 atom stereocenters. The summed E-state index contributed by atoms with van der Waals surface area (Å²) >= 11 is 0. The van der Waals surface area contributed by atoms with Gasteiger partial charge in [-0.05, 0) is 38.5 Å². The molecule has 2 aromatic heterocycles. The molecule has 0 amide bonds. The van der Waals surface area contributed by atoms with Crippen LogP contribution in [0.4, 0.5) is 0 Å². The smallest absolute Gasteiger partial charge is 0.138 e. The summed E-state index contributed by atoms with van der Waals surface area (Å²) in [7, 11) is 0. The fraction of sp³-hybridized carbons (Fsp3) is 0.333. The number of imidazole rings is 1. The Bertz CT molecular complexity index is 750. The van der Waals surface area contributed by atoms with Crippen molar-refractivity contribution in [2.45, 2.75) is 33.9 Å². The molecule has 20 heavy (non-hydrogen) atoms. The van der Waals surface area contributed by atoms with Crippen LogP contribution in [0.2, 0.25) is 0 Å². The zero-order valence-electron chi connectivity index (χ0n) is 12.0. The van der Waals surface area contributed by atoms with Crippen LogP contribution in [0.1, 0.15) is 28.4 Å². The topological polar surface area (TPSA) is 69.9 Å². The van der Waals surface area contributed by atoms with Gasteiger partial charge in [-0.3, -0.25) is 0 Å². The van der Waals surface area contributed by atoms with E-state index in [4.69, 9.17) is 10.3 Å². The van der Waals surface area contributed by atoms with Gasteiger partial charge in [0, 0.05) is 5.56 Å². The number of fused-ring (bicyclic) bond motifs is 1. The number of aromatic nitrogens is 3. The Morgan fingerprint density at radius 2 is 2.05 bits per heavy atom. The van der Waals surface area contributed by atoms with E-state index in [1.807, 2.05) is 13.8 Å². The van der Waals surface area contributed by atoms with Crippen LogP contribution in [-0.4, -0.2) is 14.7 Å². The molecular weight excluding hydrogens is 252 g/mol. The lowest BCUT2D eigenvalue weighted by Gasteiger charge is -2.07. The Morgan fingerprint density at radius 1 is 1.25 bits per heavy atom. The molecule has 0 fully saturated rings. The van der Waals surface area contributed by atoms with Gasteiger partial charge in [0.15, 0.2) is 0 Å². The van der Waals surface area contributed by atoms with Crippen LogP contribution < -0.4 is 5.73 Å². The fourth-order valence-corrected chi connectivity index (χ4v) is 2.51. The van der Waals surface area contributed by atoms with Gasteiger partial charge < -0.3 is 14.8 Å². The largest absolute Gasteiger partial charge is 0.361 e. The van der Waals surface area contributed by atoms with Gasteiger partial charge in [0.2, 0.25) is 0 Å². The molecule has 0 bridgehead atoms. The van der Waals surface area contributed by atoms with E-state index in [0.717, 1.165) is 33.9 Å². The Labute approximate surface area is 117 Å². The van der Waals surface area contributed by atoms with Gasteiger partial charge in [0.1, 0.15) is 11.6 Å². The molecule has 0 aliphatic heterocycles. The summed E-state index contributed by atoms with van der Waals surface area (Å²) < 4.78 is 7.37. The van der Waals surface area contributed by atoms with Crippen LogP contribution in [-0.2, 0) is 13.1 Å². The normalized spacial score (nSPS) is 11.4. The molecule has 3 aromatic rings. The molecule has 5 nitrogen and oxygen atoms in total. The quantitative estimate of drug-likeness (QED) is 0.793. The highest BCUT2D eigenvalue weighted by molar-refractivity contribution is 5.77. The van der Waals surface area contributed by atoms with Crippen molar-refractivity contribution in [3.63, 3.8) is 0 Å². The van der Waals surface area contributed by atoms with Crippen molar-refractivity contribution >= 4 is 11.0 Å². The molecule has 0 saturated carbocycles. The van der Waals surface area contributed by atoms with E-state index in [0.29, 0.717) is 13.1 Å². The lowest BCUT2D eigenvalue weighted by molar-refractivity contribution is 0.392. The predicted molar refractivity (Wildman–Crippen MR) is 77.4 cm³/mol. The second-order valence-corrected chi connectivity index (χ2v) is 5.11. The minimum Gasteiger partial charge on any atom is -0.361 e. The van der Waals surface area contributed by atoms with Crippen molar-refractivity contribution < 1.29 is 4.52 Å². The average Bonchev–Trinajstić information content (AvgIpc) is 2.93. The number of nitrogens with zero attached hydrogens (tertiary/aromatic N) is 3. The lowest BCUT2D eigenvalue weighted by atomic mass is 10.2. The van der Waals surface area contributed by atoms with Gasteiger partial charge in [-0.15, -0.1) is 0 Å². The molecule has 104 valence electrons. The highest BCUT2D eigenvalue weighted by Gasteiger charge is 2.15. The Hall–Kier alpha value is -2.14. The first-order valence-corrected chi connectivity index (χ1v) is 6.67. The van der Waals surface area contributed by atoms with Crippen LogP contribution in [0.25, 0.3) is 11.0 Å². The molecular formula is C15H18N4O. The molecule has 5 heteroatoms. The highest BCUT2D eigenvalue weighted by Crippen LogP contribution is 2.21. The van der Waals surface area contributed by atoms with Crippen molar-refractivity contribution in [2.75, 3.05) is 0 Å². The average molecular weight is 270 g/mol. The van der Waals surface area contributed by atoms with Crippen molar-refractivity contribution in [3.8, 4) is 0 Å². The van der Waals surface area contributed by atoms with Gasteiger partial charge >= 0.3 is 0 Å². The Morgan fingerprint density at radius 3 is 2.70 bits per heavy atom. The fourth-order valence-electron chi connectivity index (χ4n) is 2.51. The van der Waals surface area contributed by atoms with Crippen molar-refractivity contribution in [2.24, 2.45) is 5.73 Å². The number of aryl methyl sites for hydroxylation is 3. The first-order valence-electron chi connectivity index (χ1n) is 6.67. The summed E-state index contributed by atoms with van der Waals surface area (Å²) in [5, 5.41) is 4.01. The molecule has 2 heterocycles. The Balaban J connectivity index is 2.15. The van der Waals surface area contributed by atoms with Crippen LogP contribution in [0.15, 0.2) is 22.7 Å². The molecule has 2 N–H and O–H groups in total. The summed E-state index contributed by atoms with van der Waals surface area (Å²) in [6.07, 6.45) is 0. The minimum atomic E-state index is 0.414. The van der Waals surface area contributed by atoms with E-state index < -0.39 is 0 Å². The number of hydrogen-bond acceptors (Lipinski definition) is 4. The maximum absolute atomic E-state index is 5.84. The third kappa shape index (κ3) is 2.00. The van der Waals surface area contributed by atoms with E-state index in [1.54, 1.807) is 0 Å². The van der Waals surface area contributed by atoms with Crippen LogP contribution in [0.5, 0.6) is 0 Å². The van der Waals surface area contributed by atoms with E-state index in [2.05, 4.69) is 39.8 Å². The maximum Gasteiger partial charge on any atom is 0.138 e. The highest BCUT2D eigenvalue weighted by atomic mass is 16.5. The molecule has 3 rings (SSSR count). The standard InChI is InChI=1S/C15H18N4O/c1-9-4-5-14-13(6-9)17-15(7-16)19(14)8-12-10(2)18-20-11(12)3/h4-6H,7-8,16H2,1-3H3. The predicted octanol–water partition coefficient (Wildman–Crippen LogP) is 2.46. The second kappa shape index (κ2) is 4.76. The van der Waals surface area contributed by atoms with Crippen molar-refractivity contribution in [1.82, 2.24) is 14.7 Å².